The predicted molar refractivity (Wildman–Crippen MR) is 110 cm³/mol. The van der Waals surface area contributed by atoms with Gasteiger partial charge < -0.3 is 15.5 Å². The molecule has 1 fully saturated rings. The number of rotatable bonds is 6. The minimum Gasteiger partial charge on any atom is -0.354 e. The molecule has 0 saturated heterocycles. The summed E-state index contributed by atoms with van der Waals surface area (Å²) in [6.07, 6.45) is 2.33. The van der Waals surface area contributed by atoms with E-state index in [2.05, 4.69) is 72.7 Å². The molecule has 4 nitrogen and oxygen atoms in total. The monoisotopic (exact) mass is 430 g/mol. The van der Waals surface area contributed by atoms with Crippen molar-refractivity contribution in [1.82, 2.24) is 15.5 Å². The zero-order chi connectivity index (χ0) is 16.1. The number of aliphatic imine (C=N–C) groups is 1. The van der Waals surface area contributed by atoms with Crippen molar-refractivity contribution in [1.29, 1.82) is 0 Å². The number of benzene rings is 1. The van der Waals surface area contributed by atoms with Gasteiger partial charge >= 0.3 is 0 Å². The first-order valence-electron chi connectivity index (χ1n) is 8.27. The lowest BCUT2D eigenvalue weighted by atomic mass is 10.0. The van der Waals surface area contributed by atoms with Crippen LogP contribution in [0.1, 0.15) is 37.4 Å². The van der Waals surface area contributed by atoms with E-state index in [9.17, 15) is 0 Å². The Bertz CT molecular complexity index is 498. The molecule has 0 spiro atoms. The van der Waals surface area contributed by atoms with E-state index < -0.39 is 0 Å². The lowest BCUT2D eigenvalue weighted by Crippen LogP contribution is -2.42. The highest BCUT2D eigenvalue weighted by atomic mass is 127. The molecule has 0 radical (unpaired) electrons. The van der Waals surface area contributed by atoms with Crippen molar-refractivity contribution in [2.75, 3.05) is 27.7 Å². The van der Waals surface area contributed by atoms with Gasteiger partial charge in [-0.1, -0.05) is 38.1 Å². The van der Waals surface area contributed by atoms with E-state index in [1.54, 1.807) is 0 Å². The highest BCUT2D eigenvalue weighted by Gasteiger charge is 2.33. The van der Waals surface area contributed by atoms with Gasteiger partial charge in [-0.05, 0) is 44.0 Å². The van der Waals surface area contributed by atoms with Gasteiger partial charge in [-0.3, -0.25) is 4.99 Å². The lowest BCUT2D eigenvalue weighted by molar-refractivity contribution is 0.298. The van der Waals surface area contributed by atoms with Crippen molar-refractivity contribution in [3.8, 4) is 0 Å². The van der Waals surface area contributed by atoms with Crippen LogP contribution in [0.15, 0.2) is 29.3 Å². The fourth-order valence-electron chi connectivity index (χ4n) is 2.66. The van der Waals surface area contributed by atoms with Crippen LogP contribution in [0.4, 0.5) is 0 Å². The van der Waals surface area contributed by atoms with Crippen LogP contribution in [0.5, 0.6) is 0 Å². The molecule has 5 heteroatoms. The molecule has 2 rings (SSSR count). The summed E-state index contributed by atoms with van der Waals surface area (Å²) in [6.45, 7) is 5.30. The normalized spacial score (nSPS) is 21.6. The molecule has 3 atom stereocenters. The lowest BCUT2D eigenvalue weighted by Gasteiger charge is -2.26. The van der Waals surface area contributed by atoms with Gasteiger partial charge in [0.05, 0.1) is 6.04 Å². The van der Waals surface area contributed by atoms with E-state index in [1.807, 2.05) is 7.05 Å². The summed E-state index contributed by atoms with van der Waals surface area (Å²) in [5.41, 5.74) is 2.72. The Morgan fingerprint density at radius 2 is 1.91 bits per heavy atom. The standard InChI is InChI=1S/C18H30N4.HI/c1-6-14-7-9-15(10-8-14)17(22(4)5)12-20-18(19-3)21-16-11-13(16)2;/h7-10,13,16-17H,6,11-12H2,1-5H3,(H2,19,20,21);1H. The van der Waals surface area contributed by atoms with Crippen LogP contribution in [0.25, 0.3) is 0 Å². The summed E-state index contributed by atoms with van der Waals surface area (Å²) in [7, 11) is 6.08. The predicted octanol–water partition coefficient (Wildman–Crippen LogP) is 3.04. The van der Waals surface area contributed by atoms with Crippen LogP contribution < -0.4 is 10.6 Å². The van der Waals surface area contributed by atoms with Crippen molar-refractivity contribution in [3.63, 3.8) is 0 Å². The Morgan fingerprint density at radius 1 is 1.30 bits per heavy atom. The molecular weight excluding hydrogens is 399 g/mol. The Labute approximate surface area is 158 Å². The molecule has 130 valence electrons. The smallest absolute Gasteiger partial charge is 0.191 e. The van der Waals surface area contributed by atoms with Crippen LogP contribution in [0.2, 0.25) is 0 Å². The molecule has 1 aliphatic carbocycles. The Morgan fingerprint density at radius 3 is 2.35 bits per heavy atom. The van der Waals surface area contributed by atoms with E-state index in [0.717, 1.165) is 24.8 Å². The average molecular weight is 430 g/mol. The number of likely N-dealkylation sites (N-methyl/N-ethyl adjacent to an activating group) is 1. The molecule has 1 aliphatic rings. The minimum atomic E-state index is 0. The van der Waals surface area contributed by atoms with Gasteiger partial charge in [-0.2, -0.15) is 0 Å². The third kappa shape index (κ3) is 5.95. The number of hydrogen-bond donors (Lipinski definition) is 2. The zero-order valence-corrected chi connectivity index (χ0v) is 17.3. The van der Waals surface area contributed by atoms with Crippen LogP contribution >= 0.6 is 24.0 Å². The first-order chi connectivity index (χ1) is 10.5. The third-order valence-corrected chi connectivity index (χ3v) is 4.51. The number of guanidine groups is 1. The first-order valence-corrected chi connectivity index (χ1v) is 8.27. The molecule has 0 heterocycles. The van der Waals surface area contributed by atoms with Gasteiger partial charge in [-0.25, -0.2) is 0 Å². The van der Waals surface area contributed by atoms with Gasteiger partial charge in [0.15, 0.2) is 5.96 Å². The highest BCUT2D eigenvalue weighted by molar-refractivity contribution is 14.0. The third-order valence-electron chi connectivity index (χ3n) is 4.51. The summed E-state index contributed by atoms with van der Waals surface area (Å²) >= 11 is 0. The number of nitrogens with one attached hydrogen (secondary N) is 2. The molecule has 0 aromatic heterocycles. The summed E-state index contributed by atoms with van der Waals surface area (Å²) in [5, 5.41) is 6.94. The largest absolute Gasteiger partial charge is 0.354 e. The van der Waals surface area contributed by atoms with Crippen LogP contribution in [-0.2, 0) is 6.42 Å². The highest BCUT2D eigenvalue weighted by Crippen LogP contribution is 2.28. The number of halogens is 1. The molecule has 0 aliphatic heterocycles. The van der Waals surface area contributed by atoms with E-state index in [4.69, 9.17) is 0 Å². The maximum Gasteiger partial charge on any atom is 0.191 e. The van der Waals surface area contributed by atoms with Gasteiger partial charge in [-0.15, -0.1) is 24.0 Å². The molecule has 1 aromatic rings. The van der Waals surface area contributed by atoms with E-state index in [1.165, 1.54) is 17.5 Å². The molecule has 0 bridgehead atoms. The quantitative estimate of drug-likeness (QED) is 0.414. The van der Waals surface area contributed by atoms with Crippen LogP contribution in [-0.4, -0.2) is 44.6 Å². The van der Waals surface area contributed by atoms with E-state index in [0.29, 0.717) is 12.1 Å². The van der Waals surface area contributed by atoms with Crippen molar-refractivity contribution in [3.05, 3.63) is 35.4 Å². The van der Waals surface area contributed by atoms with Crippen molar-refractivity contribution in [2.24, 2.45) is 10.9 Å². The van der Waals surface area contributed by atoms with E-state index >= 15 is 0 Å². The second kappa shape index (κ2) is 9.47. The fraction of sp³-hybridized carbons (Fsp3) is 0.611. The number of nitrogens with zero attached hydrogens (tertiary/aromatic N) is 2. The maximum absolute atomic E-state index is 4.33. The molecule has 1 saturated carbocycles. The SMILES string of the molecule is CCc1ccc(C(CNC(=NC)NC2CC2C)N(C)C)cc1.I. The van der Waals surface area contributed by atoms with Crippen molar-refractivity contribution >= 4 is 29.9 Å². The summed E-state index contributed by atoms with van der Waals surface area (Å²) < 4.78 is 0. The van der Waals surface area contributed by atoms with Crippen molar-refractivity contribution in [2.45, 2.75) is 38.8 Å². The summed E-state index contributed by atoms with van der Waals surface area (Å²) in [5.74, 6) is 1.68. The molecule has 0 amide bonds. The molecule has 3 unspecified atom stereocenters. The molecule has 1 aromatic carbocycles. The Balaban J connectivity index is 0.00000264. The van der Waals surface area contributed by atoms with Crippen LogP contribution in [0, 0.1) is 5.92 Å². The first kappa shape index (κ1) is 20.2. The van der Waals surface area contributed by atoms with Gasteiger partial charge in [0, 0.05) is 19.6 Å². The second-order valence-electron chi connectivity index (χ2n) is 6.49. The maximum atomic E-state index is 4.33. The van der Waals surface area contributed by atoms with Crippen LogP contribution in [0.3, 0.4) is 0 Å². The Hall–Kier alpha value is -0.820. The van der Waals surface area contributed by atoms with Gasteiger partial charge in [0.1, 0.15) is 0 Å². The zero-order valence-electron chi connectivity index (χ0n) is 15.0. The Kier molecular flexibility index (Phi) is 8.33. The second-order valence-corrected chi connectivity index (χ2v) is 6.49. The number of hydrogen-bond acceptors (Lipinski definition) is 2. The minimum absolute atomic E-state index is 0. The molecular formula is C18H31IN4. The molecule has 23 heavy (non-hydrogen) atoms. The number of aryl methyl sites for hydroxylation is 1. The van der Waals surface area contributed by atoms with E-state index in [-0.39, 0.29) is 24.0 Å². The van der Waals surface area contributed by atoms with Gasteiger partial charge in [0.25, 0.3) is 0 Å². The molecule has 2 N–H and O–H groups in total. The summed E-state index contributed by atoms with van der Waals surface area (Å²) in [4.78, 5) is 6.58. The van der Waals surface area contributed by atoms with Gasteiger partial charge in [0.2, 0.25) is 0 Å². The fourth-order valence-corrected chi connectivity index (χ4v) is 2.66. The van der Waals surface area contributed by atoms with Crippen molar-refractivity contribution < 1.29 is 0 Å². The topological polar surface area (TPSA) is 39.7 Å². The summed E-state index contributed by atoms with van der Waals surface area (Å²) in [6, 6.07) is 9.86. The average Bonchev–Trinajstić information content (AvgIpc) is 3.21.